The Morgan fingerprint density at radius 2 is 2.12 bits per heavy atom. The van der Waals surface area contributed by atoms with Gasteiger partial charge in [-0.15, -0.1) is 12.4 Å². The second kappa shape index (κ2) is 6.70. The summed E-state index contributed by atoms with van der Waals surface area (Å²) in [5.74, 6) is -0.162. The first-order valence-electron chi connectivity index (χ1n) is 5.33. The van der Waals surface area contributed by atoms with E-state index in [0.717, 1.165) is 25.9 Å². The average Bonchev–Trinajstić information content (AvgIpc) is 2.15. The molecule has 0 aromatic rings. The molecule has 1 saturated heterocycles. The van der Waals surface area contributed by atoms with Crippen LogP contribution in [-0.4, -0.2) is 35.8 Å². The van der Waals surface area contributed by atoms with Gasteiger partial charge in [0.25, 0.3) is 0 Å². The van der Waals surface area contributed by atoms with Gasteiger partial charge in [-0.3, -0.25) is 9.59 Å². The van der Waals surface area contributed by atoms with Crippen molar-refractivity contribution in [2.75, 3.05) is 13.1 Å². The van der Waals surface area contributed by atoms with E-state index in [9.17, 15) is 9.59 Å². The highest BCUT2D eigenvalue weighted by atomic mass is 35.5. The van der Waals surface area contributed by atoms with Crippen molar-refractivity contribution < 1.29 is 9.59 Å². The van der Waals surface area contributed by atoms with E-state index in [-0.39, 0.29) is 24.7 Å². The Bertz CT molecular complexity index is 260. The molecular weight excluding hydrogens is 230 g/mol. The Balaban J connectivity index is 0.00000225. The van der Waals surface area contributed by atoms with Gasteiger partial charge in [-0.25, -0.2) is 0 Å². The van der Waals surface area contributed by atoms with E-state index in [1.807, 2.05) is 0 Å². The van der Waals surface area contributed by atoms with Gasteiger partial charge in [0.05, 0.1) is 12.5 Å². The van der Waals surface area contributed by atoms with Crippen LogP contribution in [0.5, 0.6) is 0 Å². The highest BCUT2D eigenvalue weighted by molar-refractivity contribution is 5.87. The number of nitrogens with two attached hydrogens (primary N) is 2. The van der Waals surface area contributed by atoms with Crippen LogP contribution in [0.4, 0.5) is 0 Å². The van der Waals surface area contributed by atoms with Crippen LogP contribution in [0.3, 0.4) is 0 Å². The Morgan fingerprint density at radius 1 is 1.50 bits per heavy atom. The van der Waals surface area contributed by atoms with Crippen molar-refractivity contribution in [2.45, 2.75) is 32.2 Å². The fourth-order valence-corrected chi connectivity index (χ4v) is 1.93. The lowest BCUT2D eigenvalue weighted by Gasteiger charge is -2.32. The molecule has 16 heavy (non-hydrogen) atoms. The van der Waals surface area contributed by atoms with Gasteiger partial charge in [-0.2, -0.15) is 0 Å². The molecule has 1 aliphatic rings. The van der Waals surface area contributed by atoms with E-state index in [0.29, 0.717) is 5.92 Å². The van der Waals surface area contributed by atoms with Crippen molar-refractivity contribution in [3.05, 3.63) is 0 Å². The van der Waals surface area contributed by atoms with Gasteiger partial charge in [0, 0.05) is 13.1 Å². The third kappa shape index (κ3) is 4.37. The van der Waals surface area contributed by atoms with Gasteiger partial charge in [0.2, 0.25) is 11.8 Å². The number of likely N-dealkylation sites (tertiary alicyclic amines) is 1. The minimum atomic E-state index is -0.771. The predicted octanol–water partition coefficient (Wildman–Crippen LogP) is -0.131. The molecule has 6 heteroatoms. The van der Waals surface area contributed by atoms with Crippen molar-refractivity contribution >= 4 is 24.2 Å². The number of nitrogens with zero attached hydrogens (tertiary/aromatic N) is 1. The summed E-state index contributed by atoms with van der Waals surface area (Å²) in [5.41, 5.74) is 10.6. The number of hydrogen-bond acceptors (Lipinski definition) is 3. The van der Waals surface area contributed by atoms with Crippen molar-refractivity contribution in [3.8, 4) is 0 Å². The van der Waals surface area contributed by atoms with Gasteiger partial charge in [0.1, 0.15) is 0 Å². The van der Waals surface area contributed by atoms with Crippen LogP contribution in [0.15, 0.2) is 0 Å². The smallest absolute Gasteiger partial charge is 0.240 e. The summed E-state index contributed by atoms with van der Waals surface area (Å²) in [5, 5.41) is 0. The van der Waals surface area contributed by atoms with Gasteiger partial charge in [-0.05, 0) is 18.8 Å². The van der Waals surface area contributed by atoms with E-state index in [2.05, 4.69) is 6.92 Å². The number of primary amides is 1. The molecule has 1 heterocycles. The average molecular weight is 250 g/mol. The third-order valence-corrected chi connectivity index (χ3v) is 2.71. The first-order valence-corrected chi connectivity index (χ1v) is 5.33. The van der Waals surface area contributed by atoms with Gasteiger partial charge in [-0.1, -0.05) is 6.92 Å². The Hall–Kier alpha value is -0.810. The SMILES string of the molecule is CC1CCCN(C(=O)C(N)CC(N)=O)C1.Cl. The van der Waals surface area contributed by atoms with E-state index in [1.165, 1.54) is 0 Å². The largest absolute Gasteiger partial charge is 0.370 e. The van der Waals surface area contributed by atoms with Gasteiger partial charge >= 0.3 is 0 Å². The molecular formula is C10H20ClN3O2. The zero-order valence-electron chi connectivity index (χ0n) is 9.52. The lowest BCUT2D eigenvalue weighted by molar-refractivity contribution is -0.136. The van der Waals surface area contributed by atoms with Crippen molar-refractivity contribution in [3.63, 3.8) is 0 Å². The number of amides is 2. The summed E-state index contributed by atoms with van der Waals surface area (Å²) in [6, 6.07) is -0.771. The van der Waals surface area contributed by atoms with Crippen molar-refractivity contribution in [1.29, 1.82) is 0 Å². The second-order valence-corrected chi connectivity index (χ2v) is 4.31. The van der Waals surface area contributed by atoms with Crippen LogP contribution in [0.1, 0.15) is 26.2 Å². The van der Waals surface area contributed by atoms with Crippen molar-refractivity contribution in [1.82, 2.24) is 4.90 Å². The van der Waals surface area contributed by atoms with Gasteiger partial charge < -0.3 is 16.4 Å². The molecule has 0 saturated carbocycles. The Morgan fingerprint density at radius 3 is 2.62 bits per heavy atom. The number of hydrogen-bond donors (Lipinski definition) is 2. The quantitative estimate of drug-likeness (QED) is 0.730. The molecule has 2 unspecified atom stereocenters. The molecule has 2 atom stereocenters. The summed E-state index contributed by atoms with van der Waals surface area (Å²) in [7, 11) is 0. The topological polar surface area (TPSA) is 89.4 Å². The molecule has 1 rings (SSSR count). The zero-order valence-corrected chi connectivity index (χ0v) is 10.3. The normalized spacial score (nSPS) is 22.1. The van der Waals surface area contributed by atoms with Crippen LogP contribution in [-0.2, 0) is 9.59 Å². The number of piperidine rings is 1. The minimum Gasteiger partial charge on any atom is -0.370 e. The molecule has 1 aliphatic heterocycles. The summed E-state index contributed by atoms with van der Waals surface area (Å²) < 4.78 is 0. The first-order chi connectivity index (χ1) is 7.00. The van der Waals surface area contributed by atoms with Crippen molar-refractivity contribution in [2.24, 2.45) is 17.4 Å². The Kier molecular flexibility index (Phi) is 6.36. The number of halogens is 1. The molecule has 1 fully saturated rings. The number of rotatable bonds is 3. The number of carbonyl (C=O) groups excluding carboxylic acids is 2. The summed E-state index contributed by atoms with van der Waals surface area (Å²) in [6.07, 6.45) is 2.09. The molecule has 4 N–H and O–H groups in total. The predicted molar refractivity (Wildman–Crippen MR) is 64.0 cm³/mol. The molecule has 0 aromatic heterocycles. The van der Waals surface area contributed by atoms with Crippen LogP contribution in [0.2, 0.25) is 0 Å². The first kappa shape index (κ1) is 15.2. The molecule has 2 amide bonds. The molecule has 0 aromatic carbocycles. The van der Waals surface area contributed by atoms with E-state index in [4.69, 9.17) is 11.5 Å². The lowest BCUT2D eigenvalue weighted by atomic mass is 9.99. The highest BCUT2D eigenvalue weighted by Gasteiger charge is 2.25. The van der Waals surface area contributed by atoms with Gasteiger partial charge in [0.15, 0.2) is 0 Å². The highest BCUT2D eigenvalue weighted by Crippen LogP contribution is 2.16. The molecule has 0 bridgehead atoms. The minimum absolute atomic E-state index is 0. The van der Waals surface area contributed by atoms with E-state index >= 15 is 0 Å². The summed E-state index contributed by atoms with van der Waals surface area (Å²) in [6.45, 7) is 3.60. The summed E-state index contributed by atoms with van der Waals surface area (Å²) in [4.78, 5) is 24.1. The summed E-state index contributed by atoms with van der Waals surface area (Å²) >= 11 is 0. The van der Waals surface area contributed by atoms with E-state index < -0.39 is 11.9 Å². The molecule has 0 spiro atoms. The maximum Gasteiger partial charge on any atom is 0.240 e. The molecule has 94 valence electrons. The zero-order chi connectivity index (χ0) is 11.4. The monoisotopic (exact) mass is 249 g/mol. The molecule has 0 aliphatic carbocycles. The molecule has 5 nitrogen and oxygen atoms in total. The number of carbonyl (C=O) groups is 2. The Labute approximate surface area is 102 Å². The third-order valence-electron chi connectivity index (χ3n) is 2.71. The fraction of sp³-hybridized carbons (Fsp3) is 0.800. The standard InChI is InChI=1S/C10H19N3O2.ClH/c1-7-3-2-4-13(6-7)10(15)8(11)5-9(12)14;/h7-8H,2-6,11H2,1H3,(H2,12,14);1H. The maximum absolute atomic E-state index is 11.8. The van der Waals surface area contributed by atoms with Crippen LogP contribution in [0, 0.1) is 5.92 Å². The van der Waals surface area contributed by atoms with E-state index in [1.54, 1.807) is 4.90 Å². The maximum atomic E-state index is 11.8. The molecule has 0 radical (unpaired) electrons. The van der Waals surface area contributed by atoms with Crippen LogP contribution < -0.4 is 11.5 Å². The second-order valence-electron chi connectivity index (χ2n) is 4.31. The fourth-order valence-electron chi connectivity index (χ4n) is 1.93. The van der Waals surface area contributed by atoms with Crippen LogP contribution >= 0.6 is 12.4 Å². The van der Waals surface area contributed by atoms with Crippen LogP contribution in [0.25, 0.3) is 0 Å². The lowest BCUT2D eigenvalue weighted by Crippen LogP contribution is -2.48.